The molecule has 11 bridgehead atoms. The maximum absolute atomic E-state index is 16.5. The summed E-state index contributed by atoms with van der Waals surface area (Å²) >= 11 is 16.4. The van der Waals surface area contributed by atoms with E-state index in [1.807, 2.05) is 0 Å². The number of fused-ring (bicyclic) bond motifs is 16. The second-order valence-corrected chi connectivity index (χ2v) is 39.7. The summed E-state index contributed by atoms with van der Waals surface area (Å²) in [6, 6.07) is -0.0642. The zero-order valence-electron chi connectivity index (χ0n) is 80.8. The summed E-state index contributed by atoms with van der Waals surface area (Å²) in [4.78, 5) is 198. The molecule has 5 aromatic carbocycles. The Morgan fingerprint density at radius 3 is 2.07 bits per heavy atom. The number of unbranched alkanes of at least 4 members (excludes halogenated alkanes) is 1. The number of aliphatic hydroxyl groups is 6. The Kier molecular flexibility index (Phi) is 35.2. The number of nitrogens with zero attached hydrogens (tertiary/aromatic N) is 6. The summed E-state index contributed by atoms with van der Waals surface area (Å²) in [5.74, 6) is -20.6. The Bertz CT molecular complexity index is 6420. The molecule has 0 saturated carbocycles. The van der Waals surface area contributed by atoms with Crippen LogP contribution in [0.5, 0.6) is 46.0 Å². The van der Waals surface area contributed by atoms with E-state index in [4.69, 9.17) is 73.7 Å². The number of phenolic OH excluding ortho intramolecular Hbond substituents is 3. The summed E-state index contributed by atoms with van der Waals surface area (Å²) in [5, 5.41) is 157. The van der Waals surface area contributed by atoms with Gasteiger partial charge in [-0.2, -0.15) is 9.36 Å². The van der Waals surface area contributed by atoms with Gasteiger partial charge in [-0.3, -0.25) is 57.6 Å². The fraction of sp³-hybridized carbons (Fsp3) is 0.442. The molecule has 798 valence electrons. The maximum atomic E-state index is 16.5. The highest BCUT2D eigenvalue weighted by molar-refractivity contribution is 8.00. The van der Waals surface area contributed by atoms with Crippen LogP contribution in [0.25, 0.3) is 11.1 Å². The molecule has 9 aliphatic heterocycles. The summed E-state index contributed by atoms with van der Waals surface area (Å²) in [6.07, 6.45) is -15.3. The number of aromatic hydroxyl groups is 3. The second-order valence-electron chi connectivity index (χ2n) is 37.0. The van der Waals surface area contributed by atoms with E-state index in [1.165, 1.54) is 56.8 Å². The lowest BCUT2D eigenvalue weighted by molar-refractivity contribution is -0.689. The molecular weight excluding hydrogens is 2040 g/mol. The molecule has 27 N–H and O–H groups in total. The number of pyridine rings is 1. The smallest absolute Gasteiger partial charge is 0.352 e. The van der Waals surface area contributed by atoms with Gasteiger partial charge in [-0.05, 0) is 129 Å². The van der Waals surface area contributed by atoms with Crippen LogP contribution in [0.1, 0.15) is 148 Å². The number of carboxylic acid groups (broad SMARTS) is 2. The number of nitrogens with two attached hydrogens (primary N) is 3. The number of carbonyl (C=O) groups excluding carboxylic acids is 11. The monoisotopic (exact) mass is 2150 g/mol. The van der Waals surface area contributed by atoms with Gasteiger partial charge in [0, 0.05) is 103 Å². The lowest BCUT2D eigenvalue weighted by Crippen LogP contribution is -2.71. The van der Waals surface area contributed by atoms with Crippen molar-refractivity contribution in [3.05, 3.63) is 163 Å². The predicted octanol–water partition coefficient (Wildman–Crippen LogP) is -0.959. The van der Waals surface area contributed by atoms with Gasteiger partial charge in [0.05, 0.1) is 53.4 Å². The minimum atomic E-state index is -2.44. The molecule has 11 heterocycles. The summed E-state index contributed by atoms with van der Waals surface area (Å²) in [5.41, 5.74) is 13.3. The molecule has 20 atom stereocenters. The molecule has 2 unspecified atom stereocenters. The van der Waals surface area contributed by atoms with E-state index in [1.54, 1.807) is 50.0 Å². The number of likely N-dealkylation sites (N-methyl/N-ethyl adjacent to an activating group) is 1. The highest BCUT2D eigenvalue weighted by atomic mass is 35.5. The number of amides is 11. The molecule has 0 spiro atoms. The number of rotatable bonds is 32. The molecule has 16 rings (SSSR count). The van der Waals surface area contributed by atoms with Crippen LogP contribution in [0.4, 0.5) is 5.13 Å². The van der Waals surface area contributed by atoms with E-state index in [2.05, 4.69) is 67.7 Å². The fourth-order valence-electron chi connectivity index (χ4n) is 18.1. The van der Waals surface area contributed by atoms with E-state index in [0.717, 1.165) is 77.1 Å². The van der Waals surface area contributed by atoms with Crippen molar-refractivity contribution in [2.45, 2.75) is 213 Å². The molecule has 3 saturated heterocycles. The topological polar surface area (TPSA) is 756 Å². The second kappa shape index (κ2) is 47.4. The first-order valence-electron chi connectivity index (χ1n) is 46.8. The molecule has 0 radical (unpaired) electrons. The lowest BCUT2D eigenvalue weighted by Gasteiger charge is -2.49. The van der Waals surface area contributed by atoms with Crippen LogP contribution in [0, 0.1) is 5.92 Å². The summed E-state index contributed by atoms with van der Waals surface area (Å²) < 4.78 is 44.4. The number of aromatic nitrogens is 3. The van der Waals surface area contributed by atoms with Gasteiger partial charge in [0.15, 0.2) is 54.0 Å². The van der Waals surface area contributed by atoms with Gasteiger partial charge in [-0.1, -0.05) is 60.4 Å². The van der Waals surface area contributed by atoms with Gasteiger partial charge in [-0.25, -0.2) is 14.2 Å². The van der Waals surface area contributed by atoms with Crippen molar-refractivity contribution >= 4 is 134 Å². The Hall–Kier alpha value is -13.8. The quantitative estimate of drug-likeness (QED) is 0.00794. The normalized spacial score (nSPS) is 25.7. The standard InChI is InChI=1S/C95H111Cl2N19O31S2/c1-38(2)23-51(101-5)82(129)108-68-73(123)42-15-18-55(49(96)25-42)143-57-27-44-28-58(78(57)147-93-79(77(127)76(126)59(36-117)145-93)146-63-31-95(4,100)80(128)39(3)142-63)144-56-19-16-43(26-50(56)97)74(124)69-87(134)107-67(91(137)138)47-29-54(119)48(75(125)64(47)46-24-41(14-17-53(46)118)65(84(131)109-69)106-85(132)66(44)105-83(130)52(30-60(98)120)104-86(68)133)32-102-20-21-103-61(121)12-8-9-13-62(122)114(6)33-40-11-10-22-115(34-40)35-45-37-148-90-71(89(136)116(90)72(45)92(139)140)110-88(135)70(112-141-7)81-111-94(99)149-113-81/h10-11,14-19,22,24-29,34,38-39,51-52,59,63,65-69,71,73-74,76-77,79-80,90,93,101-102,117,123-124,126-128H,8-9,12-13,20-21,23,30-33,35-37,100H2,1-7H3,(H16-,98,99,103,104,105,106,107,108,109,110,111,112,113,118,119,120,121,125,129,130,131,132,133,134,135,137,138,139,140)/p+1/t39-,51+,52-,59+,63-,65?,66+,67-,68+,69?,71+,73+,74+,76+,77-,79+,80+,90+,93-,95-/m0/s1. The average Bonchev–Trinajstić information content (AvgIpc) is 0.773. The number of halogens is 2. The number of primary amides is 1. The largest absolute Gasteiger partial charge is 0.507 e. The Labute approximate surface area is 866 Å². The molecule has 11 amide bonds. The van der Waals surface area contributed by atoms with Crippen molar-refractivity contribution in [3.8, 4) is 57.1 Å². The van der Waals surface area contributed by atoms with Gasteiger partial charge in [0.1, 0.15) is 114 Å². The van der Waals surface area contributed by atoms with E-state index in [-0.39, 0.29) is 122 Å². The number of β-lactam (4-membered cyclic amide) rings is 1. The number of oxime groups is 1. The number of hydrogen-bond acceptors (Lipinski definition) is 38. The summed E-state index contributed by atoms with van der Waals surface area (Å²) in [7, 11) is 4.24. The number of carbonyl (C=O) groups is 13. The van der Waals surface area contributed by atoms with Crippen molar-refractivity contribution in [1.29, 1.82) is 0 Å². The third-order valence-corrected chi connectivity index (χ3v) is 28.2. The first-order chi connectivity index (χ1) is 70.7. The number of nitrogens with one attached hydrogen (secondary N) is 10. The number of nitrogen functional groups attached to an aromatic ring is 1. The zero-order valence-corrected chi connectivity index (χ0v) is 83.9. The van der Waals surface area contributed by atoms with Crippen LogP contribution < -0.4 is 89.1 Å². The number of hydrogen-bond donors (Lipinski definition) is 24. The lowest BCUT2D eigenvalue weighted by atomic mass is 9.86. The van der Waals surface area contributed by atoms with Crippen molar-refractivity contribution in [3.63, 3.8) is 0 Å². The highest BCUT2D eigenvalue weighted by Gasteiger charge is 2.57. The number of aliphatic carboxylic acids is 2. The number of ether oxygens (including phenoxy) is 6. The van der Waals surface area contributed by atoms with Crippen LogP contribution in [0.2, 0.25) is 10.0 Å². The van der Waals surface area contributed by atoms with Crippen molar-refractivity contribution < 1.29 is 156 Å². The minimum Gasteiger partial charge on any atom is -0.507 e. The van der Waals surface area contributed by atoms with Crippen molar-refractivity contribution in [2.75, 3.05) is 52.4 Å². The molecule has 50 nitrogen and oxygen atoms in total. The Balaban J connectivity index is 0.743. The molecule has 2 aromatic heterocycles. The number of thioether (sulfide) groups is 1. The number of carboxylic acids is 2. The van der Waals surface area contributed by atoms with Gasteiger partial charge in [-0.15, -0.1) is 11.8 Å². The molecule has 149 heavy (non-hydrogen) atoms. The maximum Gasteiger partial charge on any atom is 0.352 e. The number of anilines is 1. The van der Waals surface area contributed by atoms with Crippen LogP contribution in [0.15, 0.2) is 114 Å². The van der Waals surface area contributed by atoms with E-state index in [9.17, 15) is 94.5 Å². The zero-order chi connectivity index (χ0) is 108. The van der Waals surface area contributed by atoms with Crippen LogP contribution >= 0.6 is 46.5 Å². The highest BCUT2D eigenvalue weighted by Crippen LogP contribution is 2.52. The third kappa shape index (κ3) is 25.0. The third-order valence-electron chi connectivity index (χ3n) is 25.7. The molecule has 3 fully saturated rings. The van der Waals surface area contributed by atoms with Crippen LogP contribution in [-0.4, -0.2) is 295 Å². The van der Waals surface area contributed by atoms with Crippen molar-refractivity contribution in [2.24, 2.45) is 22.5 Å². The Morgan fingerprint density at radius 2 is 1.44 bits per heavy atom. The van der Waals surface area contributed by atoms with Gasteiger partial charge in [0.25, 0.3) is 11.8 Å². The number of aliphatic hydroxyl groups excluding tert-OH is 6. The van der Waals surface area contributed by atoms with Gasteiger partial charge >= 0.3 is 11.9 Å². The van der Waals surface area contributed by atoms with Crippen LogP contribution in [0.3, 0.4) is 0 Å². The summed E-state index contributed by atoms with van der Waals surface area (Å²) in [6.45, 7) is 5.03. The van der Waals surface area contributed by atoms with Gasteiger partial charge < -0.3 is 165 Å². The molecule has 0 aliphatic carbocycles. The van der Waals surface area contributed by atoms with E-state index >= 15 is 24.0 Å². The molecule has 7 aromatic rings. The fourth-order valence-corrected chi connectivity index (χ4v) is 20.3. The number of phenols is 3. The predicted molar refractivity (Wildman–Crippen MR) is 523 cm³/mol. The minimum absolute atomic E-state index is 0.0301. The average molecular weight is 2150 g/mol. The number of benzene rings is 5. The van der Waals surface area contributed by atoms with E-state index in [0.29, 0.717) is 11.1 Å². The molecule has 9 aliphatic rings. The Morgan fingerprint density at radius 1 is 0.772 bits per heavy atom. The van der Waals surface area contributed by atoms with Crippen molar-refractivity contribution in [1.82, 2.24) is 72.3 Å². The van der Waals surface area contributed by atoms with Gasteiger partial charge in [0.2, 0.25) is 76.7 Å². The van der Waals surface area contributed by atoms with Crippen LogP contribution in [-0.2, 0) is 101 Å². The first-order valence-corrected chi connectivity index (χ1v) is 49.4. The SMILES string of the molecule is CN[C@H](CC(C)C)C(=O)N[C@H]1C(=O)N[C@@H](CC(N)=O)C(=O)N[C@H]2C(=O)NC3C(=O)NC(C(=O)N[C@H](C(=O)O)c4cc(O)c(CNCCNC(=O)CCCCC(=O)N(C)Cc5ccc[n+](CC6=C(C(=O)O)N7C(=O)[C@@H](NC(=O)/C(=N\OC)c8nsc(N)n8)[C@H]7SC6)c5)c(O)c4-c4cc3ccc4O)[C@H](O)c3ccc(c(Cl)c3)Oc3cc2cc(c3O[C@@H]2O[C@H](CO)[C@@H](O)[C@H](O)[C@H]2O[C@H]2C[C@](C)(N)[C@H](O)[C@H](C)O2)Oc2ccc(cc2Cl)[C@H]1O. The molecule has 54 heteroatoms. The van der Waals surface area contributed by atoms with E-state index < -0.39 is 295 Å². The first kappa shape index (κ1) is 111. The molecular formula is C95H112Cl2N19O31S2+.